The van der Waals surface area contributed by atoms with Gasteiger partial charge in [-0.25, -0.2) is 0 Å². The lowest BCUT2D eigenvalue weighted by Crippen LogP contribution is -2.24. The Hall–Kier alpha value is -0.800. The van der Waals surface area contributed by atoms with Gasteiger partial charge < -0.3 is 14.8 Å². The van der Waals surface area contributed by atoms with Crippen LogP contribution in [0.4, 0.5) is 0 Å². The molecule has 3 heteroatoms. The van der Waals surface area contributed by atoms with Crippen molar-refractivity contribution in [1.82, 2.24) is 14.8 Å². The van der Waals surface area contributed by atoms with Gasteiger partial charge in [0.05, 0.1) is 0 Å². The fourth-order valence-electron chi connectivity index (χ4n) is 3.19. The number of aryl methyl sites for hydroxylation is 1. The average molecular weight is 263 g/mol. The molecule has 0 amide bonds. The van der Waals surface area contributed by atoms with Crippen LogP contribution < -0.4 is 5.32 Å². The molecule has 1 aliphatic heterocycles. The second kappa shape index (κ2) is 7.11. The molecule has 1 fully saturated rings. The number of nitrogens with one attached hydrogen (secondary N) is 1. The van der Waals surface area contributed by atoms with Crippen molar-refractivity contribution in [2.75, 3.05) is 26.2 Å². The highest BCUT2D eigenvalue weighted by Gasteiger charge is 2.10. The number of rotatable bonds is 7. The molecule has 0 aromatic carbocycles. The Balaban J connectivity index is 1.67. The molecule has 19 heavy (non-hydrogen) atoms. The van der Waals surface area contributed by atoms with Gasteiger partial charge >= 0.3 is 0 Å². The normalized spacial score (nSPS) is 16.4. The maximum atomic E-state index is 3.59. The molecule has 1 aliphatic rings. The first kappa shape index (κ1) is 14.6. The van der Waals surface area contributed by atoms with Gasteiger partial charge in [-0.3, -0.25) is 0 Å². The van der Waals surface area contributed by atoms with Gasteiger partial charge in [-0.15, -0.1) is 0 Å². The third kappa shape index (κ3) is 3.83. The fraction of sp³-hybridized carbons (Fsp3) is 0.750. The first-order chi connectivity index (χ1) is 9.22. The molecule has 2 rings (SSSR count). The summed E-state index contributed by atoms with van der Waals surface area (Å²) in [5.41, 5.74) is 4.27. The van der Waals surface area contributed by atoms with Crippen molar-refractivity contribution in [3.63, 3.8) is 0 Å². The molecule has 0 saturated carbocycles. The summed E-state index contributed by atoms with van der Waals surface area (Å²) in [5, 5.41) is 3.59. The maximum absolute atomic E-state index is 3.59. The summed E-state index contributed by atoms with van der Waals surface area (Å²) in [6, 6.07) is 2.33. The van der Waals surface area contributed by atoms with Gasteiger partial charge in [-0.2, -0.15) is 0 Å². The number of aromatic nitrogens is 1. The molecule has 0 bridgehead atoms. The number of nitrogens with zero attached hydrogens (tertiary/aromatic N) is 2. The molecule has 108 valence electrons. The highest BCUT2D eigenvalue weighted by atomic mass is 15.1. The van der Waals surface area contributed by atoms with Crippen LogP contribution in [-0.4, -0.2) is 35.6 Å². The van der Waals surface area contributed by atoms with E-state index in [4.69, 9.17) is 0 Å². The predicted molar refractivity (Wildman–Crippen MR) is 81.6 cm³/mol. The van der Waals surface area contributed by atoms with Crippen molar-refractivity contribution in [2.24, 2.45) is 0 Å². The monoisotopic (exact) mass is 263 g/mol. The first-order valence-electron chi connectivity index (χ1n) is 7.81. The lowest BCUT2D eigenvalue weighted by molar-refractivity contribution is 0.331. The van der Waals surface area contributed by atoms with Crippen molar-refractivity contribution in [1.29, 1.82) is 0 Å². The molecule has 1 saturated heterocycles. The van der Waals surface area contributed by atoms with Gasteiger partial charge in [0.15, 0.2) is 0 Å². The molecular formula is C16H29N3. The van der Waals surface area contributed by atoms with Crippen molar-refractivity contribution in [3.8, 4) is 0 Å². The van der Waals surface area contributed by atoms with E-state index < -0.39 is 0 Å². The van der Waals surface area contributed by atoms with E-state index in [9.17, 15) is 0 Å². The third-order valence-electron chi connectivity index (χ3n) is 4.34. The molecule has 3 nitrogen and oxygen atoms in total. The summed E-state index contributed by atoms with van der Waals surface area (Å²) >= 11 is 0. The van der Waals surface area contributed by atoms with E-state index in [0.29, 0.717) is 0 Å². The number of hydrogen-bond acceptors (Lipinski definition) is 2. The topological polar surface area (TPSA) is 20.2 Å². The van der Waals surface area contributed by atoms with Crippen LogP contribution in [0, 0.1) is 13.8 Å². The summed E-state index contributed by atoms with van der Waals surface area (Å²) in [4.78, 5) is 2.59. The van der Waals surface area contributed by atoms with E-state index in [-0.39, 0.29) is 0 Å². The Morgan fingerprint density at radius 3 is 2.58 bits per heavy atom. The zero-order valence-electron chi connectivity index (χ0n) is 12.8. The summed E-state index contributed by atoms with van der Waals surface area (Å²) in [6.07, 6.45) is 4.07. The Morgan fingerprint density at radius 2 is 1.95 bits per heavy atom. The van der Waals surface area contributed by atoms with E-state index in [1.807, 2.05) is 0 Å². The third-order valence-corrected chi connectivity index (χ3v) is 4.34. The average Bonchev–Trinajstić information content (AvgIpc) is 2.98. The number of hydrogen-bond donors (Lipinski definition) is 1. The first-order valence-corrected chi connectivity index (χ1v) is 7.81. The quantitative estimate of drug-likeness (QED) is 0.763. The minimum Gasteiger partial charge on any atom is -0.349 e. The zero-order chi connectivity index (χ0) is 13.7. The largest absolute Gasteiger partial charge is 0.349 e. The van der Waals surface area contributed by atoms with Crippen LogP contribution in [0.2, 0.25) is 0 Å². The molecule has 2 heterocycles. The van der Waals surface area contributed by atoms with Crippen molar-refractivity contribution in [3.05, 3.63) is 23.0 Å². The van der Waals surface area contributed by atoms with Gasteiger partial charge in [0.1, 0.15) is 0 Å². The van der Waals surface area contributed by atoms with Crippen LogP contribution in [0.5, 0.6) is 0 Å². The van der Waals surface area contributed by atoms with Crippen LogP contribution >= 0.6 is 0 Å². The van der Waals surface area contributed by atoms with Crippen LogP contribution in [0.25, 0.3) is 0 Å². The van der Waals surface area contributed by atoms with E-state index in [1.165, 1.54) is 55.8 Å². The minimum absolute atomic E-state index is 1.01. The van der Waals surface area contributed by atoms with E-state index >= 15 is 0 Å². The summed E-state index contributed by atoms with van der Waals surface area (Å²) < 4.78 is 2.39. The molecular weight excluding hydrogens is 234 g/mol. The van der Waals surface area contributed by atoms with Gasteiger partial charge in [0.25, 0.3) is 0 Å². The second-order valence-corrected chi connectivity index (χ2v) is 5.72. The summed E-state index contributed by atoms with van der Waals surface area (Å²) in [6.45, 7) is 13.8. The molecule has 0 spiro atoms. The van der Waals surface area contributed by atoms with E-state index in [1.54, 1.807) is 0 Å². The Bertz CT molecular complexity index is 389. The van der Waals surface area contributed by atoms with Crippen LogP contribution in [-0.2, 0) is 13.1 Å². The van der Waals surface area contributed by atoms with Crippen LogP contribution in [0.1, 0.15) is 43.1 Å². The van der Waals surface area contributed by atoms with Gasteiger partial charge in [0, 0.05) is 24.5 Å². The van der Waals surface area contributed by atoms with E-state index in [0.717, 1.165) is 19.6 Å². The SMILES string of the molecule is CCn1c(C)cc(CNCCCN2CCCC2)c1C. The molecule has 0 radical (unpaired) electrons. The van der Waals surface area contributed by atoms with E-state index in [2.05, 4.69) is 41.6 Å². The summed E-state index contributed by atoms with van der Waals surface area (Å²) in [7, 11) is 0. The molecule has 1 aromatic rings. The minimum atomic E-state index is 1.01. The van der Waals surface area contributed by atoms with Gasteiger partial charge in [0.2, 0.25) is 0 Å². The highest BCUT2D eigenvalue weighted by Crippen LogP contribution is 2.14. The second-order valence-electron chi connectivity index (χ2n) is 5.72. The standard InChI is InChI=1S/C16H29N3/c1-4-19-14(2)12-16(15(19)3)13-17-8-7-11-18-9-5-6-10-18/h12,17H,4-11,13H2,1-3H3. The van der Waals surface area contributed by atoms with Gasteiger partial charge in [-0.05, 0) is 77.8 Å². The molecule has 0 unspecified atom stereocenters. The van der Waals surface area contributed by atoms with Crippen molar-refractivity contribution < 1.29 is 0 Å². The lowest BCUT2D eigenvalue weighted by Gasteiger charge is -2.14. The Morgan fingerprint density at radius 1 is 1.21 bits per heavy atom. The van der Waals surface area contributed by atoms with Gasteiger partial charge in [-0.1, -0.05) is 0 Å². The Labute approximate surface area is 118 Å². The smallest absolute Gasteiger partial charge is 0.0223 e. The zero-order valence-corrected chi connectivity index (χ0v) is 12.8. The molecule has 0 aliphatic carbocycles. The molecule has 0 atom stereocenters. The number of likely N-dealkylation sites (tertiary alicyclic amines) is 1. The highest BCUT2D eigenvalue weighted by molar-refractivity contribution is 5.26. The lowest BCUT2D eigenvalue weighted by atomic mass is 10.2. The van der Waals surface area contributed by atoms with Crippen molar-refractivity contribution in [2.45, 2.75) is 53.1 Å². The van der Waals surface area contributed by atoms with Crippen LogP contribution in [0.15, 0.2) is 6.07 Å². The summed E-state index contributed by atoms with van der Waals surface area (Å²) in [5.74, 6) is 0. The van der Waals surface area contributed by atoms with Crippen molar-refractivity contribution >= 4 is 0 Å². The maximum Gasteiger partial charge on any atom is 0.0223 e. The van der Waals surface area contributed by atoms with Crippen LogP contribution in [0.3, 0.4) is 0 Å². The Kier molecular flexibility index (Phi) is 5.46. The predicted octanol–water partition coefficient (Wildman–Crippen LogP) is 2.70. The molecule has 1 aromatic heterocycles. The fourth-order valence-corrected chi connectivity index (χ4v) is 3.19. The molecule has 1 N–H and O–H groups in total.